The third kappa shape index (κ3) is 3.00. The second-order valence-electron chi connectivity index (χ2n) is 4.46. The number of aryl methyl sites for hydroxylation is 2. The summed E-state index contributed by atoms with van der Waals surface area (Å²) in [5.74, 6) is -0.0399. The van der Waals surface area contributed by atoms with Gasteiger partial charge in [0.15, 0.2) is 0 Å². The molecule has 0 aliphatic carbocycles. The topological polar surface area (TPSA) is 69.4 Å². The zero-order valence-corrected chi connectivity index (χ0v) is 11.1. The van der Waals surface area contributed by atoms with Crippen LogP contribution < -0.4 is 4.74 Å². The monoisotopic (exact) mass is 271 g/mol. The molecule has 102 valence electrons. The van der Waals surface area contributed by atoms with Gasteiger partial charge < -0.3 is 4.74 Å². The third-order valence-corrected chi connectivity index (χ3v) is 2.86. The van der Waals surface area contributed by atoms with E-state index in [1.165, 1.54) is 24.3 Å². The maximum absolute atomic E-state index is 12.0. The second-order valence-corrected chi connectivity index (χ2v) is 4.46. The maximum Gasteiger partial charge on any atom is 0.343 e. The van der Waals surface area contributed by atoms with Crippen LogP contribution >= 0.6 is 0 Å². The van der Waals surface area contributed by atoms with Crippen LogP contribution in [0.3, 0.4) is 0 Å². The predicted octanol–water partition coefficient (Wildman–Crippen LogP) is 3.43. The molecule has 0 unspecified atom stereocenters. The van der Waals surface area contributed by atoms with Gasteiger partial charge >= 0.3 is 5.97 Å². The van der Waals surface area contributed by atoms with E-state index in [0.29, 0.717) is 5.75 Å². The van der Waals surface area contributed by atoms with Crippen molar-refractivity contribution in [3.05, 3.63) is 69.3 Å². The van der Waals surface area contributed by atoms with Crippen molar-refractivity contribution in [3.8, 4) is 5.75 Å². The number of hydrogen-bond donors (Lipinski definition) is 0. The Balaban J connectivity index is 2.19. The molecule has 0 spiro atoms. The highest BCUT2D eigenvalue weighted by Gasteiger charge is 2.12. The van der Waals surface area contributed by atoms with Crippen molar-refractivity contribution in [2.24, 2.45) is 0 Å². The summed E-state index contributed by atoms with van der Waals surface area (Å²) in [5, 5.41) is 10.5. The molecule has 0 atom stereocenters. The van der Waals surface area contributed by atoms with Gasteiger partial charge in [0.2, 0.25) is 0 Å². The van der Waals surface area contributed by atoms with Gasteiger partial charge in [0.25, 0.3) is 5.69 Å². The molecule has 2 aromatic rings. The molecular weight excluding hydrogens is 258 g/mol. The molecule has 5 heteroatoms. The number of rotatable bonds is 3. The van der Waals surface area contributed by atoms with E-state index in [1.807, 2.05) is 26.0 Å². The fourth-order valence-electron chi connectivity index (χ4n) is 1.70. The van der Waals surface area contributed by atoms with Crippen molar-refractivity contribution in [1.29, 1.82) is 0 Å². The minimum atomic E-state index is -0.534. The summed E-state index contributed by atoms with van der Waals surface area (Å²) in [6.07, 6.45) is 0. The van der Waals surface area contributed by atoms with Gasteiger partial charge in [0.05, 0.1) is 10.5 Å². The van der Waals surface area contributed by atoms with E-state index in [-0.39, 0.29) is 11.3 Å². The first-order valence-corrected chi connectivity index (χ1v) is 6.01. The predicted molar refractivity (Wildman–Crippen MR) is 74.0 cm³/mol. The van der Waals surface area contributed by atoms with Gasteiger partial charge in [-0.25, -0.2) is 4.79 Å². The standard InChI is InChI=1S/C15H13NO4/c1-10-3-4-11(2)14(9-10)20-15(17)12-5-7-13(8-6-12)16(18)19/h3-9H,1-2H3. The van der Waals surface area contributed by atoms with Crippen molar-refractivity contribution >= 4 is 11.7 Å². The number of carbonyl (C=O) groups is 1. The van der Waals surface area contributed by atoms with E-state index in [9.17, 15) is 14.9 Å². The Labute approximate surface area is 116 Å². The number of nitro benzene ring substituents is 1. The molecule has 5 nitrogen and oxygen atoms in total. The van der Waals surface area contributed by atoms with Gasteiger partial charge in [-0.1, -0.05) is 12.1 Å². The number of benzene rings is 2. The van der Waals surface area contributed by atoms with Crippen LogP contribution in [0.4, 0.5) is 5.69 Å². The fraction of sp³-hybridized carbons (Fsp3) is 0.133. The van der Waals surface area contributed by atoms with E-state index >= 15 is 0 Å². The maximum atomic E-state index is 12.0. The van der Waals surface area contributed by atoms with Crippen molar-refractivity contribution in [2.45, 2.75) is 13.8 Å². The quantitative estimate of drug-likeness (QED) is 0.371. The zero-order chi connectivity index (χ0) is 14.7. The lowest BCUT2D eigenvalue weighted by Gasteiger charge is -2.08. The minimum Gasteiger partial charge on any atom is -0.423 e. The summed E-state index contributed by atoms with van der Waals surface area (Å²) in [6, 6.07) is 10.9. The lowest BCUT2D eigenvalue weighted by molar-refractivity contribution is -0.384. The SMILES string of the molecule is Cc1ccc(C)c(OC(=O)c2ccc([N+](=O)[O-])cc2)c1. The van der Waals surface area contributed by atoms with E-state index < -0.39 is 10.9 Å². The number of nitro groups is 1. The number of nitrogens with zero attached hydrogens (tertiary/aromatic N) is 1. The molecular formula is C15H13NO4. The van der Waals surface area contributed by atoms with Gasteiger partial charge in [-0.15, -0.1) is 0 Å². The van der Waals surface area contributed by atoms with E-state index in [2.05, 4.69) is 0 Å². The average Bonchev–Trinajstić information content (AvgIpc) is 2.43. The highest BCUT2D eigenvalue weighted by atomic mass is 16.6. The molecule has 0 saturated heterocycles. The average molecular weight is 271 g/mol. The van der Waals surface area contributed by atoms with Crippen LogP contribution in [0.15, 0.2) is 42.5 Å². The van der Waals surface area contributed by atoms with Crippen LogP contribution in [0.2, 0.25) is 0 Å². The summed E-state index contributed by atoms with van der Waals surface area (Å²) in [7, 11) is 0. The van der Waals surface area contributed by atoms with Crippen molar-refractivity contribution in [3.63, 3.8) is 0 Å². The molecule has 0 aromatic heterocycles. The molecule has 2 aromatic carbocycles. The van der Waals surface area contributed by atoms with Crippen LogP contribution in [0, 0.1) is 24.0 Å². The van der Waals surface area contributed by atoms with Gasteiger partial charge in [-0.2, -0.15) is 0 Å². The Morgan fingerprint density at radius 3 is 2.35 bits per heavy atom. The van der Waals surface area contributed by atoms with Crippen LogP contribution in [-0.2, 0) is 0 Å². The van der Waals surface area contributed by atoms with E-state index in [4.69, 9.17) is 4.74 Å². The molecule has 0 fully saturated rings. The first-order chi connectivity index (χ1) is 9.47. The second kappa shape index (κ2) is 5.52. The summed E-state index contributed by atoms with van der Waals surface area (Å²) >= 11 is 0. The lowest BCUT2D eigenvalue weighted by atomic mass is 10.1. The summed E-state index contributed by atoms with van der Waals surface area (Å²) in [4.78, 5) is 22.0. The number of carbonyl (C=O) groups excluding carboxylic acids is 1. The Morgan fingerprint density at radius 1 is 1.10 bits per heavy atom. The van der Waals surface area contributed by atoms with E-state index in [1.54, 1.807) is 6.07 Å². The Hall–Kier alpha value is -2.69. The molecule has 20 heavy (non-hydrogen) atoms. The molecule has 0 radical (unpaired) electrons. The molecule has 0 bridgehead atoms. The first-order valence-electron chi connectivity index (χ1n) is 6.01. The first kappa shape index (κ1) is 13.7. The van der Waals surface area contributed by atoms with Crippen LogP contribution in [0.25, 0.3) is 0 Å². The third-order valence-electron chi connectivity index (χ3n) is 2.86. The zero-order valence-electron chi connectivity index (χ0n) is 11.1. The number of esters is 1. The molecule has 0 aliphatic rings. The van der Waals surface area contributed by atoms with Gasteiger partial charge in [0.1, 0.15) is 5.75 Å². The fourth-order valence-corrected chi connectivity index (χ4v) is 1.70. The van der Waals surface area contributed by atoms with Crippen LogP contribution in [-0.4, -0.2) is 10.9 Å². The van der Waals surface area contributed by atoms with Crippen molar-refractivity contribution < 1.29 is 14.5 Å². The molecule has 2 rings (SSSR count). The summed E-state index contributed by atoms with van der Waals surface area (Å²) in [5.41, 5.74) is 2.05. The lowest BCUT2D eigenvalue weighted by Crippen LogP contribution is -2.09. The highest BCUT2D eigenvalue weighted by molar-refractivity contribution is 5.91. The molecule has 0 amide bonds. The van der Waals surface area contributed by atoms with Gasteiger partial charge in [-0.3, -0.25) is 10.1 Å². The highest BCUT2D eigenvalue weighted by Crippen LogP contribution is 2.21. The smallest absolute Gasteiger partial charge is 0.343 e. The summed E-state index contributed by atoms with van der Waals surface area (Å²) in [6.45, 7) is 3.75. The van der Waals surface area contributed by atoms with Crippen LogP contribution in [0.1, 0.15) is 21.5 Å². The Morgan fingerprint density at radius 2 is 1.75 bits per heavy atom. The van der Waals surface area contributed by atoms with Gasteiger partial charge in [0, 0.05) is 12.1 Å². The van der Waals surface area contributed by atoms with Crippen LogP contribution in [0.5, 0.6) is 5.75 Å². The molecule has 0 heterocycles. The summed E-state index contributed by atoms with van der Waals surface area (Å²) < 4.78 is 5.30. The van der Waals surface area contributed by atoms with Gasteiger partial charge in [-0.05, 0) is 43.2 Å². The van der Waals surface area contributed by atoms with Crippen molar-refractivity contribution in [1.82, 2.24) is 0 Å². The Bertz CT molecular complexity index is 662. The largest absolute Gasteiger partial charge is 0.423 e. The molecule has 0 N–H and O–H groups in total. The normalized spacial score (nSPS) is 10.1. The van der Waals surface area contributed by atoms with E-state index in [0.717, 1.165) is 11.1 Å². The molecule has 0 saturated carbocycles. The molecule has 0 aliphatic heterocycles. The number of ether oxygens (including phenoxy) is 1. The Kier molecular flexibility index (Phi) is 3.79. The number of non-ortho nitro benzene ring substituents is 1. The van der Waals surface area contributed by atoms with Crippen molar-refractivity contribution in [2.75, 3.05) is 0 Å². The number of hydrogen-bond acceptors (Lipinski definition) is 4. The minimum absolute atomic E-state index is 0.0618.